The van der Waals surface area contributed by atoms with Crippen LogP contribution in [0.5, 0.6) is 0 Å². The molecule has 166 valence electrons. The Bertz CT molecular complexity index is 1310. The summed E-state index contributed by atoms with van der Waals surface area (Å²) in [6, 6.07) is 34.4. The SMILES string of the molecule is Cl.Fc1ccc(CNCc2cn(Cc3ccccc3)c3ccc(-c4ccccc4)cc23)cc1. The van der Waals surface area contributed by atoms with E-state index in [-0.39, 0.29) is 18.2 Å². The van der Waals surface area contributed by atoms with E-state index < -0.39 is 0 Å². The van der Waals surface area contributed by atoms with Gasteiger partial charge in [0.15, 0.2) is 0 Å². The molecule has 0 atom stereocenters. The number of nitrogens with one attached hydrogen (secondary N) is 1. The molecule has 0 saturated carbocycles. The number of hydrogen-bond acceptors (Lipinski definition) is 1. The van der Waals surface area contributed by atoms with Crippen LogP contribution >= 0.6 is 12.4 Å². The maximum absolute atomic E-state index is 13.2. The predicted octanol–water partition coefficient (Wildman–Crippen LogP) is 7.21. The van der Waals surface area contributed by atoms with Gasteiger partial charge >= 0.3 is 0 Å². The Kier molecular flexibility index (Phi) is 7.23. The molecule has 0 unspecified atom stereocenters. The summed E-state index contributed by atoms with van der Waals surface area (Å²) in [5, 5.41) is 4.79. The first-order valence-electron chi connectivity index (χ1n) is 10.9. The van der Waals surface area contributed by atoms with E-state index in [1.165, 1.54) is 45.3 Å². The molecular formula is C29H26ClFN2. The lowest BCUT2D eigenvalue weighted by Gasteiger charge is -2.07. The van der Waals surface area contributed by atoms with E-state index in [1.807, 2.05) is 24.3 Å². The van der Waals surface area contributed by atoms with Crippen molar-refractivity contribution < 1.29 is 4.39 Å². The van der Waals surface area contributed by atoms with Gasteiger partial charge in [-0.3, -0.25) is 0 Å². The molecule has 0 fully saturated rings. The fourth-order valence-electron chi connectivity index (χ4n) is 4.18. The van der Waals surface area contributed by atoms with Gasteiger partial charge in [-0.15, -0.1) is 12.4 Å². The minimum atomic E-state index is -0.203. The third-order valence-electron chi connectivity index (χ3n) is 5.82. The van der Waals surface area contributed by atoms with Gasteiger partial charge < -0.3 is 9.88 Å². The molecule has 1 aromatic heterocycles. The maximum Gasteiger partial charge on any atom is 0.123 e. The molecule has 0 aliphatic carbocycles. The summed E-state index contributed by atoms with van der Waals surface area (Å²) >= 11 is 0. The van der Waals surface area contributed by atoms with E-state index >= 15 is 0 Å². The number of hydrogen-bond donors (Lipinski definition) is 1. The second-order valence-corrected chi connectivity index (χ2v) is 8.10. The van der Waals surface area contributed by atoms with Crippen molar-refractivity contribution in [1.82, 2.24) is 9.88 Å². The van der Waals surface area contributed by atoms with Crippen LogP contribution in [-0.4, -0.2) is 4.57 Å². The Balaban J connectivity index is 0.00000259. The van der Waals surface area contributed by atoms with Gasteiger partial charge in [0.05, 0.1) is 0 Å². The van der Waals surface area contributed by atoms with Crippen molar-refractivity contribution in [2.45, 2.75) is 19.6 Å². The van der Waals surface area contributed by atoms with Crippen LogP contribution in [0.3, 0.4) is 0 Å². The second-order valence-electron chi connectivity index (χ2n) is 8.10. The molecule has 2 nitrogen and oxygen atoms in total. The molecule has 33 heavy (non-hydrogen) atoms. The Morgan fingerprint density at radius 1 is 0.667 bits per heavy atom. The number of fused-ring (bicyclic) bond motifs is 1. The maximum atomic E-state index is 13.2. The number of rotatable bonds is 7. The lowest BCUT2D eigenvalue weighted by Crippen LogP contribution is -2.12. The largest absolute Gasteiger partial charge is 0.343 e. The van der Waals surface area contributed by atoms with Gasteiger partial charge in [-0.1, -0.05) is 78.9 Å². The molecule has 0 aliphatic heterocycles. The van der Waals surface area contributed by atoms with Crippen molar-refractivity contribution in [2.75, 3.05) is 0 Å². The first-order chi connectivity index (χ1) is 15.8. The molecule has 0 radical (unpaired) electrons. The third kappa shape index (κ3) is 5.33. The van der Waals surface area contributed by atoms with Crippen molar-refractivity contribution >= 4 is 23.3 Å². The molecule has 1 N–H and O–H groups in total. The minimum absolute atomic E-state index is 0. The average molecular weight is 457 g/mol. The number of halogens is 2. The summed E-state index contributed by atoms with van der Waals surface area (Å²) in [6.07, 6.45) is 2.25. The van der Waals surface area contributed by atoms with Crippen LogP contribution < -0.4 is 5.32 Å². The second kappa shape index (κ2) is 10.5. The summed E-state index contributed by atoms with van der Waals surface area (Å²) in [7, 11) is 0. The van der Waals surface area contributed by atoms with Crippen LogP contribution in [0.2, 0.25) is 0 Å². The van der Waals surface area contributed by atoms with Crippen molar-refractivity contribution in [3.05, 3.63) is 132 Å². The highest BCUT2D eigenvalue weighted by molar-refractivity contribution is 5.88. The van der Waals surface area contributed by atoms with Gasteiger partial charge in [-0.25, -0.2) is 4.39 Å². The van der Waals surface area contributed by atoms with E-state index in [0.29, 0.717) is 6.54 Å². The minimum Gasteiger partial charge on any atom is -0.343 e. The van der Waals surface area contributed by atoms with E-state index in [2.05, 4.69) is 82.8 Å². The first-order valence-corrected chi connectivity index (χ1v) is 10.9. The third-order valence-corrected chi connectivity index (χ3v) is 5.82. The van der Waals surface area contributed by atoms with Crippen molar-refractivity contribution in [3.63, 3.8) is 0 Å². The van der Waals surface area contributed by atoms with Crippen LogP contribution in [0, 0.1) is 5.82 Å². The topological polar surface area (TPSA) is 17.0 Å². The van der Waals surface area contributed by atoms with Gasteiger partial charge in [0.25, 0.3) is 0 Å². The standard InChI is InChI=1S/C29H25FN2.ClH/c30-27-14-11-22(12-15-27)18-31-19-26-21-32(20-23-7-3-1-4-8-23)29-16-13-25(17-28(26)29)24-9-5-2-6-10-24;/h1-17,21,31H,18-20H2;1H. The van der Waals surface area contributed by atoms with Crippen LogP contribution in [0.1, 0.15) is 16.7 Å². The molecule has 5 rings (SSSR count). The lowest BCUT2D eigenvalue weighted by molar-refractivity contribution is 0.625. The monoisotopic (exact) mass is 456 g/mol. The summed E-state index contributed by atoms with van der Waals surface area (Å²) < 4.78 is 15.5. The first kappa shape index (κ1) is 22.8. The number of nitrogens with zero attached hydrogens (tertiary/aromatic N) is 1. The van der Waals surface area contributed by atoms with Crippen LogP contribution in [0.15, 0.2) is 109 Å². The van der Waals surface area contributed by atoms with E-state index in [0.717, 1.165) is 18.7 Å². The predicted molar refractivity (Wildman–Crippen MR) is 137 cm³/mol. The van der Waals surface area contributed by atoms with Crippen molar-refractivity contribution in [3.8, 4) is 11.1 Å². The molecule has 0 bridgehead atoms. The van der Waals surface area contributed by atoms with E-state index in [9.17, 15) is 4.39 Å². The van der Waals surface area contributed by atoms with Gasteiger partial charge in [0, 0.05) is 36.7 Å². The van der Waals surface area contributed by atoms with Gasteiger partial charge in [0.1, 0.15) is 5.82 Å². The highest BCUT2D eigenvalue weighted by Gasteiger charge is 2.11. The highest BCUT2D eigenvalue weighted by atomic mass is 35.5. The van der Waals surface area contributed by atoms with Crippen LogP contribution in [-0.2, 0) is 19.6 Å². The lowest BCUT2D eigenvalue weighted by atomic mass is 10.0. The van der Waals surface area contributed by atoms with Crippen LogP contribution in [0.25, 0.3) is 22.0 Å². The Labute approximate surface area is 200 Å². The number of aromatic nitrogens is 1. The Hall–Kier alpha value is -3.40. The molecule has 5 aromatic rings. The summed E-state index contributed by atoms with van der Waals surface area (Å²) in [5.74, 6) is -0.203. The highest BCUT2D eigenvalue weighted by Crippen LogP contribution is 2.29. The van der Waals surface area contributed by atoms with Gasteiger partial charge in [0.2, 0.25) is 0 Å². The zero-order valence-electron chi connectivity index (χ0n) is 18.2. The fraction of sp³-hybridized carbons (Fsp3) is 0.103. The summed E-state index contributed by atoms with van der Waals surface area (Å²) in [5.41, 5.74) is 7.28. The molecule has 1 heterocycles. The zero-order valence-corrected chi connectivity index (χ0v) is 19.1. The molecular weight excluding hydrogens is 431 g/mol. The molecule has 4 heteroatoms. The molecule has 4 aromatic carbocycles. The molecule has 0 saturated heterocycles. The molecule has 0 aliphatic rings. The van der Waals surface area contributed by atoms with Gasteiger partial charge in [-0.2, -0.15) is 0 Å². The fourth-order valence-corrected chi connectivity index (χ4v) is 4.18. The molecule has 0 spiro atoms. The Morgan fingerprint density at radius 3 is 2.09 bits per heavy atom. The average Bonchev–Trinajstić information content (AvgIpc) is 3.18. The van der Waals surface area contributed by atoms with E-state index in [4.69, 9.17) is 0 Å². The smallest absolute Gasteiger partial charge is 0.123 e. The van der Waals surface area contributed by atoms with Gasteiger partial charge in [-0.05, 0) is 52.1 Å². The molecule has 0 amide bonds. The summed E-state index contributed by atoms with van der Waals surface area (Å²) in [6.45, 7) is 2.28. The number of benzene rings is 4. The van der Waals surface area contributed by atoms with Crippen molar-refractivity contribution in [1.29, 1.82) is 0 Å². The van der Waals surface area contributed by atoms with Crippen molar-refractivity contribution in [2.24, 2.45) is 0 Å². The van der Waals surface area contributed by atoms with Crippen LogP contribution in [0.4, 0.5) is 4.39 Å². The van der Waals surface area contributed by atoms with E-state index in [1.54, 1.807) is 0 Å². The normalized spacial score (nSPS) is 10.8. The Morgan fingerprint density at radius 2 is 1.36 bits per heavy atom. The quantitative estimate of drug-likeness (QED) is 0.274. The summed E-state index contributed by atoms with van der Waals surface area (Å²) in [4.78, 5) is 0. The zero-order chi connectivity index (χ0) is 21.8.